The minimum absolute atomic E-state index is 0.388. The smallest absolute Gasteiger partial charge is 0.344 e. The van der Waals surface area contributed by atoms with Crippen LogP contribution in [0.5, 0.6) is 0 Å². The Labute approximate surface area is 48.3 Å². The molecule has 0 aromatic heterocycles. The minimum Gasteiger partial charge on any atom is -0.507 e. The maximum absolute atomic E-state index is 9.55. The number of carbonyl (C=O) groups is 1. The van der Waals surface area contributed by atoms with E-state index in [0.717, 1.165) is 0 Å². The van der Waals surface area contributed by atoms with Crippen molar-refractivity contribution in [1.82, 2.24) is 0 Å². The fraction of sp³-hybridized carbons (Fsp3) is 0.667. The van der Waals surface area contributed by atoms with Gasteiger partial charge in [-0.2, -0.15) is 0 Å². The molecule has 0 aromatic rings. The maximum Gasteiger partial charge on any atom is 0.344 e. The highest BCUT2D eigenvalue weighted by molar-refractivity contribution is 7.15. The first-order chi connectivity index (χ1) is 3.06. The molecule has 0 saturated carbocycles. The van der Waals surface area contributed by atoms with Crippen molar-refractivity contribution in [3.05, 3.63) is 0 Å². The van der Waals surface area contributed by atoms with Gasteiger partial charge >= 0.3 is 7.63 Å². The molecule has 0 aliphatic carbocycles. The molecule has 0 rings (SSSR count). The van der Waals surface area contributed by atoms with E-state index in [0.29, 0.717) is 6.47 Å². The molecule has 0 fully saturated rings. The van der Waals surface area contributed by atoms with Crippen molar-refractivity contribution in [3.63, 3.8) is 0 Å². The average Bonchev–Trinajstić information content (AvgIpc) is 1.30. The number of halogens is 1. The van der Waals surface area contributed by atoms with Crippen molar-refractivity contribution in [3.8, 4) is 0 Å². The molecule has 2 nitrogen and oxygen atoms in total. The van der Waals surface area contributed by atoms with E-state index >= 15 is 0 Å². The lowest BCUT2D eigenvalue weighted by Crippen LogP contribution is -2.20. The second kappa shape index (κ2) is 2.33. The largest absolute Gasteiger partial charge is 0.507 e. The number of carbonyl (C=O) groups excluding carboxylic acids is 1. The van der Waals surface area contributed by atoms with Crippen LogP contribution in [0.1, 0.15) is 0 Å². The summed E-state index contributed by atoms with van der Waals surface area (Å²) in [5.41, 5.74) is 0. The molecule has 0 aliphatic rings. The Kier molecular flexibility index (Phi) is 2.32. The van der Waals surface area contributed by atoms with Crippen LogP contribution in [0.15, 0.2) is 0 Å². The van der Waals surface area contributed by atoms with Crippen molar-refractivity contribution >= 4 is 25.2 Å². The van der Waals surface area contributed by atoms with E-state index in [1.807, 2.05) is 0 Å². The van der Waals surface area contributed by atoms with Gasteiger partial charge in [0.05, 0.1) is 0 Å². The lowest BCUT2D eigenvalue weighted by molar-refractivity contribution is -0.121. The molecule has 0 atom stereocenters. The van der Waals surface area contributed by atoms with Crippen LogP contribution in [0.2, 0.25) is 13.1 Å². The van der Waals surface area contributed by atoms with Crippen LogP contribution in [-0.2, 0) is 9.22 Å². The Bertz CT molecular complexity index is 67.8. The van der Waals surface area contributed by atoms with Crippen molar-refractivity contribution in [2.75, 3.05) is 0 Å². The highest BCUT2D eigenvalue weighted by Gasteiger charge is 2.17. The van der Waals surface area contributed by atoms with E-state index in [1.54, 1.807) is 13.1 Å². The fourth-order valence-corrected chi connectivity index (χ4v) is 0.452. The van der Waals surface area contributed by atoms with Gasteiger partial charge in [0, 0.05) is 0 Å². The standard InChI is InChI=1S/C3H7ClO2Si/c1-7(2,4)6-3-5/h3H,1-2H3. The molecule has 0 unspecified atom stereocenters. The number of hydrogen-bond acceptors (Lipinski definition) is 2. The Morgan fingerprint density at radius 2 is 2.14 bits per heavy atom. The third-order valence-corrected chi connectivity index (χ3v) is 1.25. The van der Waals surface area contributed by atoms with E-state index < -0.39 is 7.63 Å². The van der Waals surface area contributed by atoms with Crippen molar-refractivity contribution in [1.29, 1.82) is 0 Å². The maximum atomic E-state index is 9.55. The quantitative estimate of drug-likeness (QED) is 0.325. The Balaban J connectivity index is 3.34. The molecule has 0 bridgehead atoms. The summed E-state index contributed by atoms with van der Waals surface area (Å²) in [5, 5.41) is 0. The molecule has 0 aliphatic heterocycles. The summed E-state index contributed by atoms with van der Waals surface area (Å²) in [4.78, 5) is 9.55. The summed E-state index contributed by atoms with van der Waals surface area (Å²) in [6.07, 6.45) is 0. The summed E-state index contributed by atoms with van der Waals surface area (Å²) in [6, 6.07) is 0. The van der Waals surface area contributed by atoms with Gasteiger partial charge in [-0.1, -0.05) is 0 Å². The topological polar surface area (TPSA) is 26.3 Å². The third-order valence-electron chi connectivity index (χ3n) is 0.328. The van der Waals surface area contributed by atoms with Crippen molar-refractivity contribution in [2.45, 2.75) is 13.1 Å². The number of hydrogen-bond donors (Lipinski definition) is 0. The molecule has 0 amide bonds. The summed E-state index contributed by atoms with van der Waals surface area (Å²) in [7, 11) is -2.05. The van der Waals surface area contributed by atoms with Crippen LogP contribution in [0, 0.1) is 0 Å². The van der Waals surface area contributed by atoms with Gasteiger partial charge < -0.3 is 4.43 Å². The van der Waals surface area contributed by atoms with Crippen LogP contribution in [-0.4, -0.2) is 14.1 Å². The van der Waals surface area contributed by atoms with E-state index in [-0.39, 0.29) is 0 Å². The molecular formula is C3H7ClO2Si. The van der Waals surface area contributed by atoms with E-state index in [2.05, 4.69) is 4.43 Å². The first-order valence-corrected chi connectivity index (χ1v) is 5.78. The summed E-state index contributed by atoms with van der Waals surface area (Å²) in [5.74, 6) is 0. The monoisotopic (exact) mass is 138 g/mol. The Hall–Kier alpha value is -0.0231. The molecule has 0 spiro atoms. The van der Waals surface area contributed by atoms with Gasteiger partial charge in [0.25, 0.3) is 6.47 Å². The van der Waals surface area contributed by atoms with Gasteiger partial charge in [-0.25, -0.2) is 0 Å². The first kappa shape index (κ1) is 6.98. The zero-order valence-corrected chi connectivity index (χ0v) is 6.03. The molecule has 0 heterocycles. The Morgan fingerprint density at radius 3 is 2.14 bits per heavy atom. The highest BCUT2D eigenvalue weighted by atomic mass is 35.6. The van der Waals surface area contributed by atoms with E-state index in [9.17, 15) is 4.79 Å². The van der Waals surface area contributed by atoms with Crippen LogP contribution in [0.25, 0.3) is 0 Å². The van der Waals surface area contributed by atoms with Gasteiger partial charge in [-0.05, 0) is 13.1 Å². The van der Waals surface area contributed by atoms with Crippen molar-refractivity contribution in [2.24, 2.45) is 0 Å². The van der Waals surface area contributed by atoms with Crippen LogP contribution >= 0.6 is 11.1 Å². The van der Waals surface area contributed by atoms with Crippen LogP contribution in [0.3, 0.4) is 0 Å². The van der Waals surface area contributed by atoms with Gasteiger partial charge in [0.2, 0.25) is 0 Å². The van der Waals surface area contributed by atoms with Crippen LogP contribution in [0.4, 0.5) is 0 Å². The average molecular weight is 139 g/mol. The summed E-state index contributed by atoms with van der Waals surface area (Å²) in [6.45, 7) is 3.84. The molecule has 0 aromatic carbocycles. The predicted molar refractivity (Wildman–Crippen MR) is 30.5 cm³/mol. The summed E-state index contributed by atoms with van der Waals surface area (Å²) >= 11 is 5.52. The summed E-state index contributed by atoms with van der Waals surface area (Å²) < 4.78 is 4.45. The molecule has 42 valence electrons. The minimum atomic E-state index is -2.05. The SMILES string of the molecule is C[Si](C)(Cl)OC=O. The zero-order chi connectivity index (χ0) is 5.91. The predicted octanol–water partition coefficient (Wildman–Crippen LogP) is 1.10. The van der Waals surface area contributed by atoms with Gasteiger partial charge in [0.15, 0.2) is 0 Å². The molecule has 0 N–H and O–H groups in total. The van der Waals surface area contributed by atoms with Gasteiger partial charge in [-0.3, -0.25) is 4.79 Å². The van der Waals surface area contributed by atoms with Crippen LogP contribution < -0.4 is 0 Å². The molecule has 0 saturated heterocycles. The Morgan fingerprint density at radius 1 is 1.71 bits per heavy atom. The molecular weight excluding hydrogens is 132 g/mol. The molecule has 4 heteroatoms. The zero-order valence-electron chi connectivity index (χ0n) is 4.27. The highest BCUT2D eigenvalue weighted by Crippen LogP contribution is 2.05. The van der Waals surface area contributed by atoms with E-state index in [1.165, 1.54) is 0 Å². The third kappa shape index (κ3) is 5.98. The second-order valence-corrected chi connectivity index (χ2v) is 7.27. The van der Waals surface area contributed by atoms with Gasteiger partial charge in [-0.15, -0.1) is 11.1 Å². The molecule has 7 heavy (non-hydrogen) atoms. The number of rotatable bonds is 2. The fourth-order valence-electron chi connectivity index (χ4n) is 0.114. The molecule has 0 radical (unpaired) electrons. The van der Waals surface area contributed by atoms with E-state index in [4.69, 9.17) is 11.1 Å². The second-order valence-electron chi connectivity index (χ2n) is 1.58. The lowest BCUT2D eigenvalue weighted by atomic mass is 11.7. The van der Waals surface area contributed by atoms with Crippen molar-refractivity contribution < 1.29 is 9.22 Å². The van der Waals surface area contributed by atoms with Gasteiger partial charge in [0.1, 0.15) is 0 Å². The lowest BCUT2D eigenvalue weighted by Gasteiger charge is -2.07. The first-order valence-electron chi connectivity index (χ1n) is 1.86. The normalized spacial score (nSPS) is 10.7.